The lowest BCUT2D eigenvalue weighted by atomic mass is 10.2. The molecule has 0 aromatic rings. The van der Waals surface area contributed by atoms with E-state index in [0.717, 1.165) is 6.42 Å². The maximum atomic E-state index is 6.16. The first-order chi connectivity index (χ1) is 9.23. The van der Waals surface area contributed by atoms with Crippen molar-refractivity contribution in [2.45, 2.75) is 59.8 Å². The Bertz CT molecular complexity index is 216. The summed E-state index contributed by atoms with van der Waals surface area (Å²) < 4.78 is 18.5. The van der Waals surface area contributed by atoms with Gasteiger partial charge in [0.1, 0.15) is 0 Å². The highest BCUT2D eigenvalue weighted by Crippen LogP contribution is 2.24. The summed E-state index contributed by atoms with van der Waals surface area (Å²) in [6, 6.07) is 0. The molecule has 0 aromatic heterocycles. The quantitative estimate of drug-likeness (QED) is 0.456. The maximum Gasteiger partial charge on any atom is 0.514 e. The fourth-order valence-corrected chi connectivity index (χ4v) is 5.21. The average molecular weight is 323 g/mol. The molecule has 0 aromatic carbocycles. The molecule has 1 atom stereocenters. The molecule has 0 heterocycles. The Morgan fingerprint density at radius 3 is 1.25 bits per heavy atom. The van der Waals surface area contributed by atoms with E-state index >= 15 is 0 Å². The van der Waals surface area contributed by atoms with Gasteiger partial charge >= 0.3 is 8.80 Å². The van der Waals surface area contributed by atoms with Crippen LogP contribution in [-0.2, 0) is 13.3 Å². The second-order valence-electron chi connectivity index (χ2n) is 6.64. The third-order valence-corrected chi connectivity index (χ3v) is 6.89. The monoisotopic (exact) mass is 322 g/mol. The van der Waals surface area contributed by atoms with Crippen LogP contribution in [0.5, 0.6) is 0 Å². The first kappa shape index (κ1) is 20.4. The van der Waals surface area contributed by atoms with Gasteiger partial charge in [-0.3, -0.25) is 0 Å². The largest absolute Gasteiger partial charge is 0.514 e. The van der Waals surface area contributed by atoms with Crippen LogP contribution in [-0.4, -0.2) is 33.5 Å². The van der Waals surface area contributed by atoms with Gasteiger partial charge in [-0.15, -0.1) is 0 Å². The van der Waals surface area contributed by atoms with E-state index in [2.05, 4.69) is 48.5 Å². The van der Waals surface area contributed by atoms with Crippen molar-refractivity contribution in [2.75, 3.05) is 19.8 Å². The summed E-state index contributed by atoms with van der Waals surface area (Å²) in [5, 5.41) is 0. The molecule has 0 rings (SSSR count). The van der Waals surface area contributed by atoms with Gasteiger partial charge in [-0.25, -0.2) is 0 Å². The third kappa shape index (κ3) is 8.03. The lowest BCUT2D eigenvalue weighted by molar-refractivity contribution is 0.0351. The van der Waals surface area contributed by atoms with Gasteiger partial charge in [-0.1, -0.05) is 48.5 Å². The zero-order chi connectivity index (χ0) is 15.8. The van der Waals surface area contributed by atoms with Crippen molar-refractivity contribution in [2.24, 2.45) is 17.8 Å². The molecule has 0 bridgehead atoms. The summed E-state index contributed by atoms with van der Waals surface area (Å²) >= 11 is 4.70. The average Bonchev–Trinajstić information content (AvgIpc) is 2.36. The Hall–Kier alpha value is 0.447. The van der Waals surface area contributed by atoms with Crippen LogP contribution < -0.4 is 0 Å². The molecule has 3 nitrogen and oxygen atoms in total. The summed E-state index contributed by atoms with van der Waals surface area (Å²) in [6.07, 6.45) is 0.892. The van der Waals surface area contributed by atoms with Crippen molar-refractivity contribution in [3.05, 3.63) is 0 Å². The second kappa shape index (κ2) is 10.2. The van der Waals surface area contributed by atoms with Gasteiger partial charge in [0.05, 0.1) is 4.87 Å². The molecule has 122 valence electrons. The van der Waals surface area contributed by atoms with Crippen LogP contribution in [0.1, 0.15) is 54.9 Å². The molecule has 0 aliphatic rings. The predicted molar refractivity (Wildman–Crippen MR) is 91.2 cm³/mol. The molecule has 5 heteroatoms. The van der Waals surface area contributed by atoms with Crippen LogP contribution in [0.4, 0.5) is 0 Å². The van der Waals surface area contributed by atoms with Gasteiger partial charge in [-0.2, -0.15) is 12.6 Å². The molecule has 0 amide bonds. The van der Waals surface area contributed by atoms with Crippen molar-refractivity contribution in [3.63, 3.8) is 0 Å². The highest BCUT2D eigenvalue weighted by molar-refractivity contribution is 7.83. The summed E-state index contributed by atoms with van der Waals surface area (Å²) in [7, 11) is -2.72. The van der Waals surface area contributed by atoms with Gasteiger partial charge in [0.15, 0.2) is 0 Å². The van der Waals surface area contributed by atoms with E-state index in [1.54, 1.807) is 0 Å². The van der Waals surface area contributed by atoms with Crippen LogP contribution in [0.25, 0.3) is 0 Å². The van der Waals surface area contributed by atoms with E-state index in [0.29, 0.717) is 37.6 Å². The zero-order valence-corrected chi connectivity index (χ0v) is 16.2. The predicted octanol–water partition coefficient (Wildman–Crippen LogP) is 4.19. The Balaban J connectivity index is 4.94. The van der Waals surface area contributed by atoms with Gasteiger partial charge < -0.3 is 13.3 Å². The molecule has 1 unspecified atom stereocenters. The number of hydrogen-bond donors (Lipinski definition) is 1. The van der Waals surface area contributed by atoms with Crippen molar-refractivity contribution in [1.29, 1.82) is 0 Å². The normalized spacial score (nSPS) is 14.6. The molecule has 0 N–H and O–H groups in total. The molecule has 0 radical (unpaired) electrons. The van der Waals surface area contributed by atoms with Crippen molar-refractivity contribution in [1.82, 2.24) is 0 Å². The summed E-state index contributed by atoms with van der Waals surface area (Å²) in [5.74, 6) is 1.39. The molecule has 0 aliphatic heterocycles. The van der Waals surface area contributed by atoms with E-state index in [1.807, 2.05) is 0 Å². The molecule has 0 spiro atoms. The van der Waals surface area contributed by atoms with Gasteiger partial charge in [0.25, 0.3) is 0 Å². The highest BCUT2D eigenvalue weighted by Gasteiger charge is 2.48. The van der Waals surface area contributed by atoms with Gasteiger partial charge in [0, 0.05) is 19.8 Å². The molecule has 0 aliphatic carbocycles. The minimum Gasteiger partial charge on any atom is -0.373 e. The van der Waals surface area contributed by atoms with Crippen LogP contribution in [0, 0.1) is 17.8 Å². The number of rotatable bonds is 11. The van der Waals surface area contributed by atoms with E-state index in [9.17, 15) is 0 Å². The summed E-state index contributed by atoms with van der Waals surface area (Å²) in [4.78, 5) is 0.0405. The van der Waals surface area contributed by atoms with E-state index in [-0.39, 0.29) is 4.87 Å². The van der Waals surface area contributed by atoms with E-state index in [1.165, 1.54) is 0 Å². The smallest absolute Gasteiger partial charge is 0.373 e. The van der Waals surface area contributed by atoms with Gasteiger partial charge in [-0.05, 0) is 24.2 Å². The fourth-order valence-electron chi connectivity index (χ4n) is 1.51. The van der Waals surface area contributed by atoms with E-state index < -0.39 is 8.80 Å². The molecular formula is C15H34O3SSi. The first-order valence-corrected chi connectivity index (χ1v) is 10.1. The highest BCUT2D eigenvalue weighted by atomic mass is 32.1. The van der Waals surface area contributed by atoms with E-state index in [4.69, 9.17) is 25.9 Å². The molecular weight excluding hydrogens is 288 g/mol. The standard InChI is InChI=1S/C15H34O3SSi/c1-8-15(19)20(16-9-12(2)3,17-10-13(4)5)18-11-14(6)7/h12-15,19H,8-11H2,1-7H3. The number of hydrogen-bond acceptors (Lipinski definition) is 4. The van der Waals surface area contributed by atoms with Crippen LogP contribution in [0.15, 0.2) is 0 Å². The Labute approximate surface area is 132 Å². The zero-order valence-electron chi connectivity index (χ0n) is 14.3. The fraction of sp³-hybridized carbons (Fsp3) is 1.00. The third-order valence-electron chi connectivity index (χ3n) is 2.65. The molecule has 0 fully saturated rings. The topological polar surface area (TPSA) is 27.7 Å². The molecule has 0 saturated heterocycles. The summed E-state index contributed by atoms with van der Waals surface area (Å²) in [6.45, 7) is 17.0. The molecule has 0 saturated carbocycles. The SMILES string of the molecule is CCC(S)[Si](OCC(C)C)(OCC(C)C)OCC(C)C. The Morgan fingerprint density at radius 1 is 0.750 bits per heavy atom. The lowest BCUT2D eigenvalue weighted by Gasteiger charge is -2.35. The molecule has 20 heavy (non-hydrogen) atoms. The first-order valence-electron chi connectivity index (χ1n) is 7.83. The second-order valence-corrected chi connectivity index (χ2v) is 10.5. The summed E-state index contributed by atoms with van der Waals surface area (Å²) in [5.41, 5.74) is 0. The van der Waals surface area contributed by atoms with Crippen LogP contribution in [0.3, 0.4) is 0 Å². The minimum absolute atomic E-state index is 0.0405. The lowest BCUT2D eigenvalue weighted by Crippen LogP contribution is -2.55. The van der Waals surface area contributed by atoms with Crippen LogP contribution >= 0.6 is 12.6 Å². The number of thiol groups is 1. The van der Waals surface area contributed by atoms with Crippen LogP contribution in [0.2, 0.25) is 0 Å². The van der Waals surface area contributed by atoms with Gasteiger partial charge in [0.2, 0.25) is 0 Å². The minimum atomic E-state index is -2.72. The van der Waals surface area contributed by atoms with Crippen molar-refractivity contribution >= 4 is 21.4 Å². The Kier molecular flexibility index (Phi) is 10.4. The van der Waals surface area contributed by atoms with Crippen molar-refractivity contribution in [3.8, 4) is 0 Å². The van der Waals surface area contributed by atoms with Crippen molar-refractivity contribution < 1.29 is 13.3 Å². The Morgan fingerprint density at radius 2 is 1.05 bits per heavy atom. The maximum absolute atomic E-state index is 6.16.